The summed E-state index contributed by atoms with van der Waals surface area (Å²) in [7, 11) is 1.34. The minimum atomic E-state index is -0.425. The van der Waals surface area contributed by atoms with Gasteiger partial charge in [0.05, 0.1) is 7.11 Å². The Kier molecular flexibility index (Phi) is 3.84. The topological polar surface area (TPSA) is 68.9 Å². The number of phenolic OH excluding ortho intramolecular Hbond substituents is 1. The maximum absolute atomic E-state index is 11.7. The SMILES string of the molecule is COC(=O)c1coc2cc(OCc3ccc(O)cc3C3CC3)ccc12. The number of carbonyl (C=O) groups is 1. The van der Waals surface area contributed by atoms with Gasteiger partial charge in [0.15, 0.2) is 0 Å². The van der Waals surface area contributed by atoms with E-state index in [1.165, 1.54) is 13.4 Å². The normalized spacial score (nSPS) is 13.8. The molecule has 0 atom stereocenters. The van der Waals surface area contributed by atoms with Crippen LogP contribution in [0.4, 0.5) is 0 Å². The molecule has 1 saturated carbocycles. The molecular weight excluding hydrogens is 320 g/mol. The number of esters is 1. The predicted molar refractivity (Wildman–Crippen MR) is 92.0 cm³/mol. The molecule has 1 fully saturated rings. The van der Waals surface area contributed by atoms with Gasteiger partial charge in [-0.2, -0.15) is 0 Å². The molecule has 1 aliphatic rings. The summed E-state index contributed by atoms with van der Waals surface area (Å²) in [5.41, 5.74) is 3.21. The number of aromatic hydroxyl groups is 1. The number of hydrogen-bond acceptors (Lipinski definition) is 5. The summed E-state index contributed by atoms with van der Waals surface area (Å²) in [4.78, 5) is 11.7. The first-order chi connectivity index (χ1) is 12.2. The van der Waals surface area contributed by atoms with Gasteiger partial charge in [-0.15, -0.1) is 0 Å². The summed E-state index contributed by atoms with van der Waals surface area (Å²) in [5, 5.41) is 10.4. The lowest BCUT2D eigenvalue weighted by Gasteiger charge is -2.11. The zero-order valence-corrected chi connectivity index (χ0v) is 13.8. The Labute approximate surface area is 144 Å². The van der Waals surface area contributed by atoms with Crippen molar-refractivity contribution in [1.29, 1.82) is 0 Å². The van der Waals surface area contributed by atoms with E-state index in [9.17, 15) is 9.90 Å². The van der Waals surface area contributed by atoms with Crippen LogP contribution in [-0.4, -0.2) is 18.2 Å². The smallest absolute Gasteiger partial charge is 0.341 e. The quantitative estimate of drug-likeness (QED) is 0.699. The Balaban J connectivity index is 1.55. The van der Waals surface area contributed by atoms with Crippen LogP contribution in [0.3, 0.4) is 0 Å². The first-order valence-electron chi connectivity index (χ1n) is 8.20. The second kappa shape index (κ2) is 6.16. The molecule has 0 bridgehead atoms. The lowest BCUT2D eigenvalue weighted by Crippen LogP contribution is -2.00. The molecule has 0 saturated heterocycles. The summed E-state index contributed by atoms with van der Waals surface area (Å²) >= 11 is 0. The van der Waals surface area contributed by atoms with E-state index in [0.717, 1.165) is 24.0 Å². The van der Waals surface area contributed by atoms with Crippen molar-refractivity contribution in [1.82, 2.24) is 0 Å². The van der Waals surface area contributed by atoms with Crippen LogP contribution in [0.25, 0.3) is 11.0 Å². The highest BCUT2D eigenvalue weighted by molar-refractivity contribution is 6.03. The van der Waals surface area contributed by atoms with Crippen molar-refractivity contribution in [3.05, 3.63) is 59.4 Å². The van der Waals surface area contributed by atoms with E-state index in [0.29, 0.717) is 34.8 Å². The Morgan fingerprint density at radius 2 is 2.08 bits per heavy atom. The number of benzene rings is 2. The zero-order valence-electron chi connectivity index (χ0n) is 13.8. The third-order valence-electron chi connectivity index (χ3n) is 4.49. The molecule has 2 aromatic carbocycles. The van der Waals surface area contributed by atoms with Crippen molar-refractivity contribution >= 4 is 16.9 Å². The zero-order chi connectivity index (χ0) is 17.4. The fourth-order valence-corrected chi connectivity index (χ4v) is 3.02. The largest absolute Gasteiger partial charge is 0.508 e. The molecule has 5 nitrogen and oxygen atoms in total. The molecule has 1 N–H and O–H groups in total. The molecule has 5 heteroatoms. The van der Waals surface area contributed by atoms with Crippen molar-refractivity contribution in [2.75, 3.05) is 7.11 Å². The summed E-state index contributed by atoms with van der Waals surface area (Å²) in [5.74, 6) is 1.05. The van der Waals surface area contributed by atoms with Crippen molar-refractivity contribution in [3.63, 3.8) is 0 Å². The number of furan rings is 1. The second-order valence-corrected chi connectivity index (χ2v) is 6.24. The number of hydrogen-bond donors (Lipinski definition) is 1. The van der Waals surface area contributed by atoms with Gasteiger partial charge >= 0.3 is 5.97 Å². The van der Waals surface area contributed by atoms with Crippen LogP contribution in [0.1, 0.15) is 40.2 Å². The average molecular weight is 338 g/mol. The number of phenols is 1. The van der Waals surface area contributed by atoms with Gasteiger partial charge in [0.1, 0.15) is 35.5 Å². The molecule has 1 aliphatic carbocycles. The molecule has 1 aromatic heterocycles. The summed E-state index contributed by atoms with van der Waals surface area (Å²) < 4.78 is 16.1. The van der Waals surface area contributed by atoms with E-state index >= 15 is 0 Å². The minimum absolute atomic E-state index is 0.290. The van der Waals surface area contributed by atoms with Crippen LogP contribution < -0.4 is 4.74 Å². The Morgan fingerprint density at radius 3 is 2.84 bits per heavy atom. The van der Waals surface area contributed by atoms with Crippen LogP contribution in [0.15, 0.2) is 47.1 Å². The maximum atomic E-state index is 11.7. The molecule has 0 spiro atoms. The summed E-state index contributed by atoms with van der Waals surface area (Å²) in [6.07, 6.45) is 3.71. The fraction of sp³-hybridized carbons (Fsp3) is 0.250. The second-order valence-electron chi connectivity index (χ2n) is 6.24. The van der Waals surface area contributed by atoms with E-state index in [4.69, 9.17) is 13.9 Å². The van der Waals surface area contributed by atoms with Gasteiger partial charge in [0.25, 0.3) is 0 Å². The molecule has 0 aliphatic heterocycles. The van der Waals surface area contributed by atoms with Crippen LogP contribution in [0, 0.1) is 0 Å². The van der Waals surface area contributed by atoms with Gasteiger partial charge in [0, 0.05) is 11.5 Å². The molecule has 4 rings (SSSR count). The van der Waals surface area contributed by atoms with E-state index in [1.807, 2.05) is 18.2 Å². The lowest BCUT2D eigenvalue weighted by molar-refractivity contribution is 0.0602. The Hall–Kier alpha value is -2.95. The van der Waals surface area contributed by atoms with Gasteiger partial charge in [-0.1, -0.05) is 6.07 Å². The average Bonchev–Trinajstić information content (AvgIpc) is 3.39. The summed E-state index contributed by atoms with van der Waals surface area (Å²) in [6.45, 7) is 0.419. The molecule has 25 heavy (non-hydrogen) atoms. The van der Waals surface area contributed by atoms with Crippen molar-refractivity contribution < 1.29 is 23.8 Å². The van der Waals surface area contributed by atoms with E-state index < -0.39 is 5.97 Å². The molecule has 0 radical (unpaired) electrons. The monoisotopic (exact) mass is 338 g/mol. The van der Waals surface area contributed by atoms with E-state index in [-0.39, 0.29) is 5.75 Å². The fourth-order valence-electron chi connectivity index (χ4n) is 3.02. The van der Waals surface area contributed by atoms with E-state index in [1.54, 1.807) is 18.2 Å². The number of fused-ring (bicyclic) bond motifs is 1. The maximum Gasteiger partial charge on any atom is 0.341 e. The van der Waals surface area contributed by atoms with E-state index in [2.05, 4.69) is 0 Å². The van der Waals surface area contributed by atoms with Gasteiger partial charge in [-0.25, -0.2) is 4.79 Å². The summed E-state index contributed by atoms with van der Waals surface area (Å²) in [6, 6.07) is 10.8. The van der Waals surface area contributed by atoms with Gasteiger partial charge < -0.3 is 19.0 Å². The van der Waals surface area contributed by atoms with Gasteiger partial charge in [0.2, 0.25) is 0 Å². The van der Waals surface area contributed by atoms with Crippen molar-refractivity contribution in [2.24, 2.45) is 0 Å². The van der Waals surface area contributed by atoms with Gasteiger partial charge in [-0.3, -0.25) is 0 Å². The first-order valence-corrected chi connectivity index (χ1v) is 8.20. The highest BCUT2D eigenvalue weighted by Gasteiger charge is 2.26. The third kappa shape index (κ3) is 3.05. The van der Waals surface area contributed by atoms with Crippen LogP contribution >= 0.6 is 0 Å². The van der Waals surface area contributed by atoms with Gasteiger partial charge in [-0.05, 0) is 54.2 Å². The number of ether oxygens (including phenoxy) is 2. The lowest BCUT2D eigenvalue weighted by atomic mass is 10.0. The van der Waals surface area contributed by atoms with Crippen LogP contribution in [0.5, 0.6) is 11.5 Å². The molecule has 128 valence electrons. The number of methoxy groups -OCH3 is 1. The highest BCUT2D eigenvalue weighted by Crippen LogP contribution is 2.43. The van der Waals surface area contributed by atoms with Crippen LogP contribution in [-0.2, 0) is 11.3 Å². The molecule has 0 unspecified atom stereocenters. The predicted octanol–water partition coefficient (Wildman–Crippen LogP) is 4.38. The Morgan fingerprint density at radius 1 is 1.24 bits per heavy atom. The molecule has 0 amide bonds. The molecule has 3 aromatic rings. The minimum Gasteiger partial charge on any atom is -0.508 e. The first kappa shape index (κ1) is 15.6. The molecular formula is C20H18O5. The standard InChI is InChI=1S/C20H18O5/c1-23-20(22)18-11-25-19-9-15(6-7-16(18)19)24-10-13-4-5-14(21)8-17(13)12-2-3-12/h4-9,11-12,21H,2-3,10H2,1H3. The highest BCUT2D eigenvalue weighted by atomic mass is 16.5. The third-order valence-corrected chi connectivity index (χ3v) is 4.49. The van der Waals surface area contributed by atoms with Crippen molar-refractivity contribution in [3.8, 4) is 11.5 Å². The van der Waals surface area contributed by atoms with Crippen LogP contribution in [0.2, 0.25) is 0 Å². The molecule has 1 heterocycles. The Bertz CT molecular complexity index is 936. The number of carbonyl (C=O) groups excluding carboxylic acids is 1. The number of rotatable bonds is 5. The van der Waals surface area contributed by atoms with Crippen molar-refractivity contribution in [2.45, 2.75) is 25.4 Å².